The third-order valence-electron chi connectivity index (χ3n) is 2.85. The number of rotatable bonds is 7. The van der Waals surface area contributed by atoms with Crippen molar-refractivity contribution in [2.45, 2.75) is 6.42 Å². The van der Waals surface area contributed by atoms with Crippen LogP contribution in [0.25, 0.3) is 0 Å². The monoisotopic (exact) mass is 296 g/mol. The highest BCUT2D eigenvalue weighted by Crippen LogP contribution is 2.29. The lowest BCUT2D eigenvalue weighted by molar-refractivity contribution is 0.0827. The van der Waals surface area contributed by atoms with E-state index < -0.39 is 0 Å². The van der Waals surface area contributed by atoms with Gasteiger partial charge in [-0.05, 0) is 36.7 Å². The maximum absolute atomic E-state index is 12.6. The molecule has 21 heavy (non-hydrogen) atoms. The normalized spacial score (nSPS) is 11.2. The Morgan fingerprint density at radius 3 is 2.62 bits per heavy atom. The van der Waals surface area contributed by atoms with Gasteiger partial charge in [-0.2, -0.15) is 0 Å². The molecule has 116 valence electrons. The van der Waals surface area contributed by atoms with Crippen molar-refractivity contribution in [3.8, 4) is 11.5 Å². The quantitative estimate of drug-likeness (QED) is 0.835. The predicted octanol–water partition coefficient (Wildman–Crippen LogP) is 1.98. The fourth-order valence-corrected chi connectivity index (χ4v) is 1.69. The van der Waals surface area contributed by atoms with Gasteiger partial charge in [0, 0.05) is 19.7 Å². The van der Waals surface area contributed by atoms with Gasteiger partial charge in [-0.25, -0.2) is 4.39 Å². The summed E-state index contributed by atoms with van der Waals surface area (Å²) in [5, 5.41) is 0. The third kappa shape index (κ3) is 4.75. The minimum absolute atomic E-state index is 0.0883. The summed E-state index contributed by atoms with van der Waals surface area (Å²) >= 11 is 0. The largest absolute Gasteiger partial charge is 0.493 e. The average molecular weight is 296 g/mol. The summed E-state index contributed by atoms with van der Waals surface area (Å²) in [5.41, 5.74) is 6.34. The highest BCUT2D eigenvalue weighted by molar-refractivity contribution is 5.94. The molecule has 5 nitrogen and oxygen atoms in total. The summed E-state index contributed by atoms with van der Waals surface area (Å²) < 4.78 is 23.3. The molecule has 2 N–H and O–H groups in total. The summed E-state index contributed by atoms with van der Waals surface area (Å²) in [4.78, 5) is 13.4. The first-order valence-electron chi connectivity index (χ1n) is 6.54. The number of nitrogens with zero attached hydrogens (tertiary/aromatic N) is 1. The molecule has 0 saturated carbocycles. The van der Waals surface area contributed by atoms with Crippen LogP contribution in [0.3, 0.4) is 0 Å². The number of carbonyl (C=O) groups excluding carboxylic acids is 1. The van der Waals surface area contributed by atoms with Crippen molar-refractivity contribution in [2.24, 2.45) is 5.73 Å². The first-order valence-corrected chi connectivity index (χ1v) is 6.54. The molecule has 1 aromatic carbocycles. The van der Waals surface area contributed by atoms with Crippen LogP contribution in [-0.2, 0) is 0 Å². The van der Waals surface area contributed by atoms with Crippen LogP contribution in [0.1, 0.15) is 16.8 Å². The molecule has 0 heterocycles. The molecule has 0 aliphatic heterocycles. The summed E-state index contributed by atoms with van der Waals surface area (Å²) in [6, 6.07) is 4.87. The number of halogens is 1. The zero-order chi connectivity index (χ0) is 15.8. The van der Waals surface area contributed by atoms with Crippen molar-refractivity contribution in [3.63, 3.8) is 0 Å². The van der Waals surface area contributed by atoms with E-state index in [1.165, 1.54) is 12.0 Å². The topological polar surface area (TPSA) is 64.8 Å². The molecule has 6 heteroatoms. The summed E-state index contributed by atoms with van der Waals surface area (Å²) in [5.74, 6) is 0.741. The number of nitrogens with two attached hydrogens (primary N) is 1. The molecule has 1 amide bonds. The maximum atomic E-state index is 12.6. The Kier molecular flexibility index (Phi) is 6.68. The first-order chi connectivity index (χ1) is 10.0. The van der Waals surface area contributed by atoms with Crippen LogP contribution in [0.2, 0.25) is 0 Å². The van der Waals surface area contributed by atoms with Crippen molar-refractivity contribution in [3.05, 3.63) is 35.7 Å². The smallest absolute Gasteiger partial charge is 0.253 e. The molecule has 0 aromatic heterocycles. The standard InChI is InChI=1S/C15H21FN2O3/c1-18(2)15(19)12-4-5-13(14(8-12)20-3)21-10-11(9-16)6-7-17/h4-5,8-9H,6-7,10,17H2,1-3H3/b11-9-. The van der Waals surface area contributed by atoms with Gasteiger partial charge in [-0.3, -0.25) is 4.79 Å². The number of benzene rings is 1. The number of carbonyl (C=O) groups is 1. The molecule has 0 bridgehead atoms. The summed E-state index contributed by atoms with van der Waals surface area (Å²) in [7, 11) is 4.83. The number of hydrogen-bond donors (Lipinski definition) is 1. The fraction of sp³-hybridized carbons (Fsp3) is 0.400. The lowest BCUT2D eigenvalue weighted by Gasteiger charge is -2.14. The van der Waals surface area contributed by atoms with E-state index in [1.807, 2.05) is 0 Å². The maximum Gasteiger partial charge on any atom is 0.253 e. The second kappa shape index (κ2) is 8.26. The zero-order valence-corrected chi connectivity index (χ0v) is 12.6. The number of hydrogen-bond acceptors (Lipinski definition) is 4. The minimum atomic E-state index is -0.132. The van der Waals surface area contributed by atoms with E-state index in [0.717, 1.165) is 0 Å². The molecule has 1 rings (SSSR count). The predicted molar refractivity (Wildman–Crippen MR) is 79.4 cm³/mol. The molecular weight excluding hydrogens is 275 g/mol. The summed E-state index contributed by atoms with van der Waals surface area (Å²) in [6.45, 7) is 0.442. The van der Waals surface area contributed by atoms with Crippen LogP contribution >= 0.6 is 0 Å². The van der Waals surface area contributed by atoms with E-state index in [1.54, 1.807) is 32.3 Å². The molecule has 0 unspecified atom stereocenters. The van der Waals surface area contributed by atoms with Gasteiger partial charge in [-0.15, -0.1) is 0 Å². The Morgan fingerprint density at radius 2 is 2.10 bits per heavy atom. The van der Waals surface area contributed by atoms with Crippen molar-refractivity contribution >= 4 is 5.91 Å². The number of methoxy groups -OCH3 is 1. The SMILES string of the molecule is COc1cc(C(=O)N(C)C)ccc1OC/C(=C\F)CCN. The second-order valence-corrected chi connectivity index (χ2v) is 4.66. The van der Waals surface area contributed by atoms with Crippen molar-refractivity contribution in [1.82, 2.24) is 4.90 Å². The van der Waals surface area contributed by atoms with E-state index in [2.05, 4.69) is 0 Å². The molecule has 1 aromatic rings. The molecule has 0 radical (unpaired) electrons. The van der Waals surface area contributed by atoms with Crippen molar-refractivity contribution < 1.29 is 18.7 Å². The third-order valence-corrected chi connectivity index (χ3v) is 2.85. The van der Waals surface area contributed by atoms with E-state index in [4.69, 9.17) is 15.2 Å². The van der Waals surface area contributed by atoms with Gasteiger partial charge in [-0.1, -0.05) is 0 Å². The van der Waals surface area contributed by atoms with Crippen molar-refractivity contribution in [1.29, 1.82) is 0 Å². The lowest BCUT2D eigenvalue weighted by Crippen LogP contribution is -2.21. The van der Waals surface area contributed by atoms with Gasteiger partial charge in [0.1, 0.15) is 6.61 Å². The lowest BCUT2D eigenvalue weighted by atomic mass is 10.1. The molecule has 0 fully saturated rings. The van der Waals surface area contributed by atoms with E-state index in [0.29, 0.717) is 41.9 Å². The Balaban J connectivity index is 2.87. The van der Waals surface area contributed by atoms with Crippen LogP contribution in [-0.4, -0.2) is 45.2 Å². The molecule has 0 aliphatic carbocycles. The Bertz CT molecular complexity index is 516. The van der Waals surface area contributed by atoms with Gasteiger partial charge in [0.25, 0.3) is 5.91 Å². The van der Waals surface area contributed by atoms with Gasteiger partial charge in [0.15, 0.2) is 11.5 Å². The molecular formula is C15H21FN2O3. The van der Waals surface area contributed by atoms with Gasteiger partial charge >= 0.3 is 0 Å². The Morgan fingerprint density at radius 1 is 1.38 bits per heavy atom. The summed E-state index contributed by atoms with van der Waals surface area (Å²) in [6.07, 6.45) is 0.930. The Labute approximate surface area is 124 Å². The minimum Gasteiger partial charge on any atom is -0.493 e. The van der Waals surface area contributed by atoms with Crippen LogP contribution in [0.4, 0.5) is 4.39 Å². The zero-order valence-electron chi connectivity index (χ0n) is 12.6. The van der Waals surface area contributed by atoms with Gasteiger partial charge < -0.3 is 20.1 Å². The highest BCUT2D eigenvalue weighted by atomic mass is 19.1. The number of ether oxygens (including phenoxy) is 2. The second-order valence-electron chi connectivity index (χ2n) is 4.66. The van der Waals surface area contributed by atoms with Gasteiger partial charge in [0.05, 0.1) is 13.4 Å². The molecule has 0 aliphatic rings. The van der Waals surface area contributed by atoms with Crippen molar-refractivity contribution in [2.75, 3.05) is 34.4 Å². The molecule has 0 saturated heterocycles. The highest BCUT2D eigenvalue weighted by Gasteiger charge is 2.13. The van der Waals surface area contributed by atoms with E-state index >= 15 is 0 Å². The van der Waals surface area contributed by atoms with Crippen LogP contribution in [0.5, 0.6) is 11.5 Å². The van der Waals surface area contributed by atoms with E-state index in [-0.39, 0.29) is 12.5 Å². The van der Waals surface area contributed by atoms with Crippen LogP contribution in [0.15, 0.2) is 30.1 Å². The van der Waals surface area contributed by atoms with Crippen LogP contribution in [0, 0.1) is 0 Å². The molecule has 0 atom stereocenters. The van der Waals surface area contributed by atoms with E-state index in [9.17, 15) is 9.18 Å². The van der Waals surface area contributed by atoms with Crippen LogP contribution < -0.4 is 15.2 Å². The van der Waals surface area contributed by atoms with Gasteiger partial charge in [0.2, 0.25) is 0 Å². The average Bonchev–Trinajstić information content (AvgIpc) is 2.50. The fourth-order valence-electron chi connectivity index (χ4n) is 1.69. The first kappa shape index (κ1) is 17.0. The molecule has 0 spiro atoms. The Hall–Kier alpha value is -2.08. The number of amides is 1.